The Morgan fingerprint density at radius 2 is 1.95 bits per heavy atom. The first-order valence-electron chi connectivity index (χ1n) is 8.43. The van der Waals surface area contributed by atoms with E-state index in [0.29, 0.717) is 6.10 Å². The third-order valence-electron chi connectivity index (χ3n) is 4.68. The smallest absolute Gasteiger partial charge is 0.160 e. The molecule has 4 heterocycles. The maximum atomic E-state index is 5.92. The molecule has 0 bridgehead atoms. The zero-order valence-corrected chi connectivity index (χ0v) is 12.9. The van der Waals surface area contributed by atoms with Crippen LogP contribution in [0.15, 0.2) is 18.3 Å². The third kappa shape index (κ3) is 2.88. The summed E-state index contributed by atoms with van der Waals surface area (Å²) in [7, 11) is 0. The van der Waals surface area contributed by atoms with E-state index in [2.05, 4.69) is 9.55 Å². The van der Waals surface area contributed by atoms with Crippen LogP contribution < -0.4 is 0 Å². The number of nitrogens with zero attached hydrogens (tertiary/aromatic N) is 3. The van der Waals surface area contributed by atoms with Crippen molar-refractivity contribution in [3.8, 4) is 0 Å². The highest BCUT2D eigenvalue weighted by atomic mass is 16.5. The zero-order chi connectivity index (χ0) is 14.8. The molecular weight excluding hydrogens is 278 g/mol. The Morgan fingerprint density at radius 3 is 2.77 bits per heavy atom. The summed E-state index contributed by atoms with van der Waals surface area (Å²) < 4.78 is 14.0. The summed E-state index contributed by atoms with van der Waals surface area (Å²) in [6, 6.07) is 3.99. The first-order chi connectivity index (χ1) is 10.9. The summed E-state index contributed by atoms with van der Waals surface area (Å²) >= 11 is 0. The second kappa shape index (κ2) is 6.34. The molecule has 2 atom stereocenters. The predicted molar refractivity (Wildman–Crippen MR) is 83.8 cm³/mol. The summed E-state index contributed by atoms with van der Waals surface area (Å²) in [5.74, 6) is 1.09. The fourth-order valence-corrected chi connectivity index (χ4v) is 3.52. The molecule has 0 N–H and O–H groups in total. The highest BCUT2D eigenvalue weighted by molar-refractivity contribution is 5.71. The average Bonchev–Trinajstić information content (AvgIpc) is 3.18. The van der Waals surface area contributed by atoms with Gasteiger partial charge in [-0.1, -0.05) is 0 Å². The average molecular weight is 301 g/mol. The number of rotatable bonds is 4. The third-order valence-corrected chi connectivity index (χ3v) is 4.68. The minimum atomic E-state index is 0.288. The Balaban J connectivity index is 1.63. The SMILES string of the molecule is c1cnc2c(c1)nc(CC1CCCO1)n2CC1CCCCO1. The molecule has 0 amide bonds. The quantitative estimate of drug-likeness (QED) is 0.871. The summed E-state index contributed by atoms with van der Waals surface area (Å²) in [6.07, 6.45) is 9.19. The Morgan fingerprint density at radius 1 is 1.09 bits per heavy atom. The molecule has 2 aliphatic rings. The molecule has 22 heavy (non-hydrogen) atoms. The molecule has 5 heteroatoms. The van der Waals surface area contributed by atoms with Gasteiger partial charge in [0.15, 0.2) is 5.65 Å². The van der Waals surface area contributed by atoms with Gasteiger partial charge in [-0.3, -0.25) is 0 Å². The summed E-state index contributed by atoms with van der Waals surface area (Å²) in [6.45, 7) is 2.62. The lowest BCUT2D eigenvalue weighted by atomic mass is 10.1. The van der Waals surface area contributed by atoms with E-state index in [9.17, 15) is 0 Å². The van der Waals surface area contributed by atoms with E-state index in [1.54, 1.807) is 0 Å². The summed E-state index contributed by atoms with van der Waals surface area (Å²) in [4.78, 5) is 9.35. The monoisotopic (exact) mass is 301 g/mol. The minimum absolute atomic E-state index is 0.288. The fourth-order valence-electron chi connectivity index (χ4n) is 3.52. The number of aromatic nitrogens is 3. The van der Waals surface area contributed by atoms with Gasteiger partial charge in [-0.25, -0.2) is 9.97 Å². The lowest BCUT2D eigenvalue weighted by Crippen LogP contribution is -2.26. The molecule has 2 aromatic rings. The van der Waals surface area contributed by atoms with Gasteiger partial charge < -0.3 is 14.0 Å². The molecule has 4 rings (SSSR count). The second-order valence-electron chi connectivity index (χ2n) is 6.31. The predicted octanol–water partition coefficient (Wildman–Crippen LogP) is 2.72. The number of pyridine rings is 1. The van der Waals surface area contributed by atoms with Gasteiger partial charge in [0.05, 0.1) is 18.8 Å². The van der Waals surface area contributed by atoms with E-state index >= 15 is 0 Å². The van der Waals surface area contributed by atoms with Crippen LogP contribution in [0.2, 0.25) is 0 Å². The summed E-state index contributed by atoms with van der Waals surface area (Å²) in [5.41, 5.74) is 1.95. The Hall–Kier alpha value is -1.46. The number of imidazole rings is 1. The molecule has 2 saturated heterocycles. The van der Waals surface area contributed by atoms with Crippen molar-refractivity contribution >= 4 is 11.2 Å². The van der Waals surface area contributed by atoms with E-state index in [0.717, 1.165) is 62.4 Å². The van der Waals surface area contributed by atoms with Crippen LogP contribution in [0.3, 0.4) is 0 Å². The molecule has 0 spiro atoms. The van der Waals surface area contributed by atoms with E-state index in [1.165, 1.54) is 12.8 Å². The van der Waals surface area contributed by atoms with Gasteiger partial charge in [0.2, 0.25) is 0 Å². The molecule has 118 valence electrons. The molecule has 5 nitrogen and oxygen atoms in total. The Kier molecular flexibility index (Phi) is 4.08. The van der Waals surface area contributed by atoms with Crippen molar-refractivity contribution in [3.63, 3.8) is 0 Å². The number of hydrogen-bond donors (Lipinski definition) is 0. The van der Waals surface area contributed by atoms with Crippen molar-refractivity contribution in [2.45, 2.75) is 57.3 Å². The van der Waals surface area contributed by atoms with Gasteiger partial charge in [-0.05, 0) is 44.2 Å². The van der Waals surface area contributed by atoms with Crippen molar-refractivity contribution in [2.24, 2.45) is 0 Å². The lowest BCUT2D eigenvalue weighted by molar-refractivity contribution is 0.00574. The molecular formula is C17H23N3O2. The molecule has 2 aliphatic heterocycles. The number of ether oxygens (including phenoxy) is 2. The lowest BCUT2D eigenvalue weighted by Gasteiger charge is -2.24. The van der Waals surface area contributed by atoms with Crippen molar-refractivity contribution in [2.75, 3.05) is 13.2 Å². The van der Waals surface area contributed by atoms with Crippen LogP contribution in [-0.4, -0.2) is 40.0 Å². The van der Waals surface area contributed by atoms with Crippen molar-refractivity contribution in [3.05, 3.63) is 24.2 Å². The Labute approximate surface area is 130 Å². The highest BCUT2D eigenvalue weighted by Crippen LogP contribution is 2.23. The van der Waals surface area contributed by atoms with E-state index in [4.69, 9.17) is 14.5 Å². The zero-order valence-electron chi connectivity index (χ0n) is 12.9. The van der Waals surface area contributed by atoms with E-state index in [-0.39, 0.29) is 6.10 Å². The fraction of sp³-hybridized carbons (Fsp3) is 0.647. The van der Waals surface area contributed by atoms with Gasteiger partial charge in [-0.15, -0.1) is 0 Å². The van der Waals surface area contributed by atoms with Crippen LogP contribution in [-0.2, 0) is 22.4 Å². The molecule has 0 aliphatic carbocycles. The van der Waals surface area contributed by atoms with Crippen LogP contribution in [0.5, 0.6) is 0 Å². The first-order valence-corrected chi connectivity index (χ1v) is 8.43. The van der Waals surface area contributed by atoms with Crippen molar-refractivity contribution in [1.29, 1.82) is 0 Å². The van der Waals surface area contributed by atoms with Crippen LogP contribution in [0.25, 0.3) is 11.2 Å². The normalized spacial score (nSPS) is 25.8. The van der Waals surface area contributed by atoms with Gasteiger partial charge in [0.1, 0.15) is 11.3 Å². The van der Waals surface area contributed by atoms with Gasteiger partial charge in [0, 0.05) is 25.8 Å². The molecule has 0 aromatic carbocycles. The number of hydrogen-bond acceptors (Lipinski definition) is 4. The maximum Gasteiger partial charge on any atom is 0.160 e. The maximum absolute atomic E-state index is 5.92. The van der Waals surface area contributed by atoms with E-state index < -0.39 is 0 Å². The van der Waals surface area contributed by atoms with Gasteiger partial charge in [-0.2, -0.15) is 0 Å². The molecule has 0 radical (unpaired) electrons. The van der Waals surface area contributed by atoms with Crippen LogP contribution >= 0.6 is 0 Å². The summed E-state index contributed by atoms with van der Waals surface area (Å²) in [5, 5.41) is 0. The van der Waals surface area contributed by atoms with Crippen molar-refractivity contribution < 1.29 is 9.47 Å². The first kappa shape index (κ1) is 14.2. The van der Waals surface area contributed by atoms with Gasteiger partial charge >= 0.3 is 0 Å². The Bertz CT molecular complexity index is 628. The van der Waals surface area contributed by atoms with Crippen molar-refractivity contribution in [1.82, 2.24) is 14.5 Å². The highest BCUT2D eigenvalue weighted by Gasteiger charge is 2.23. The second-order valence-corrected chi connectivity index (χ2v) is 6.31. The molecule has 2 aromatic heterocycles. The minimum Gasteiger partial charge on any atom is -0.378 e. The molecule has 2 unspecified atom stereocenters. The van der Waals surface area contributed by atoms with E-state index in [1.807, 2.05) is 18.3 Å². The number of fused-ring (bicyclic) bond motifs is 1. The van der Waals surface area contributed by atoms with Gasteiger partial charge in [0.25, 0.3) is 0 Å². The van der Waals surface area contributed by atoms with Crippen LogP contribution in [0.1, 0.15) is 37.9 Å². The largest absolute Gasteiger partial charge is 0.378 e. The topological polar surface area (TPSA) is 49.2 Å². The standard InChI is InChI=1S/C17H23N3O2/c1-2-9-22-14(5-1)12-20-16(11-13-6-4-10-21-13)19-15-7-3-8-18-17(15)20/h3,7-8,13-14H,1-2,4-6,9-12H2. The molecule has 0 saturated carbocycles. The van der Waals surface area contributed by atoms with Crippen LogP contribution in [0, 0.1) is 0 Å². The molecule has 2 fully saturated rings. The van der Waals surface area contributed by atoms with Crippen LogP contribution in [0.4, 0.5) is 0 Å².